The average molecular weight is 297 g/mol. The third-order valence-corrected chi connectivity index (χ3v) is 3.42. The maximum absolute atomic E-state index is 12.0. The molecule has 0 radical (unpaired) electrons. The molecule has 1 aromatic carbocycles. The Hall–Kier alpha value is -1.06. The van der Waals surface area contributed by atoms with Crippen LogP contribution in [-0.2, 0) is 4.79 Å². The van der Waals surface area contributed by atoms with Crippen LogP contribution in [0.1, 0.15) is 52.1 Å². The first kappa shape index (κ1) is 17.0. The normalized spacial score (nSPS) is 14.7. The molecular weight excluding hydrogens is 272 g/mol. The summed E-state index contributed by atoms with van der Waals surface area (Å²) in [5.41, 5.74) is 7.07. The number of hydrogen-bond acceptors (Lipinski definition) is 2. The predicted molar refractivity (Wildman–Crippen MR) is 84.7 cm³/mol. The topological polar surface area (TPSA) is 55.1 Å². The van der Waals surface area contributed by atoms with E-state index in [-0.39, 0.29) is 23.4 Å². The first-order valence-corrected chi connectivity index (χ1v) is 7.36. The third kappa shape index (κ3) is 5.93. The van der Waals surface area contributed by atoms with E-state index in [1.54, 1.807) is 0 Å². The zero-order valence-corrected chi connectivity index (χ0v) is 13.5. The van der Waals surface area contributed by atoms with Gasteiger partial charge >= 0.3 is 0 Å². The van der Waals surface area contributed by atoms with E-state index in [1.165, 1.54) is 0 Å². The minimum absolute atomic E-state index is 0.0332. The summed E-state index contributed by atoms with van der Waals surface area (Å²) in [4.78, 5) is 12.0. The summed E-state index contributed by atoms with van der Waals surface area (Å²) >= 11 is 6.12. The van der Waals surface area contributed by atoms with Crippen LogP contribution in [0.15, 0.2) is 24.3 Å². The third-order valence-electron chi connectivity index (χ3n) is 3.07. The van der Waals surface area contributed by atoms with Gasteiger partial charge in [0, 0.05) is 17.5 Å². The molecule has 1 rings (SSSR count). The number of hydrogen-bond donors (Lipinski definition) is 2. The largest absolute Gasteiger partial charge is 0.349 e. The van der Waals surface area contributed by atoms with E-state index >= 15 is 0 Å². The van der Waals surface area contributed by atoms with Gasteiger partial charge in [0.2, 0.25) is 5.91 Å². The van der Waals surface area contributed by atoms with Crippen LogP contribution in [0, 0.1) is 5.41 Å². The van der Waals surface area contributed by atoms with Crippen LogP contribution in [0.4, 0.5) is 0 Å². The van der Waals surface area contributed by atoms with Gasteiger partial charge in [-0.2, -0.15) is 0 Å². The van der Waals surface area contributed by atoms with E-state index in [4.69, 9.17) is 17.3 Å². The van der Waals surface area contributed by atoms with Crippen LogP contribution in [0.2, 0.25) is 5.02 Å². The Morgan fingerprint density at radius 2 is 1.95 bits per heavy atom. The van der Waals surface area contributed by atoms with E-state index in [9.17, 15) is 4.79 Å². The zero-order chi connectivity index (χ0) is 15.3. The number of amides is 1. The molecule has 112 valence electrons. The highest BCUT2D eigenvalue weighted by atomic mass is 35.5. The number of rotatable bonds is 5. The Kier molecular flexibility index (Phi) is 6.03. The predicted octanol–water partition coefficient (Wildman–Crippen LogP) is 3.67. The van der Waals surface area contributed by atoms with Crippen molar-refractivity contribution in [2.24, 2.45) is 11.1 Å². The summed E-state index contributed by atoms with van der Waals surface area (Å²) in [6, 6.07) is 7.30. The van der Waals surface area contributed by atoms with Crippen molar-refractivity contribution in [3.63, 3.8) is 0 Å². The molecule has 0 saturated carbocycles. The highest BCUT2D eigenvalue weighted by molar-refractivity contribution is 6.31. The number of carbonyl (C=O) groups is 1. The first-order chi connectivity index (χ1) is 9.19. The Morgan fingerprint density at radius 1 is 1.35 bits per heavy atom. The van der Waals surface area contributed by atoms with Crippen molar-refractivity contribution in [3.05, 3.63) is 34.9 Å². The number of nitrogens with two attached hydrogens (primary N) is 1. The van der Waals surface area contributed by atoms with Crippen molar-refractivity contribution in [1.29, 1.82) is 0 Å². The van der Waals surface area contributed by atoms with E-state index < -0.39 is 0 Å². The molecular formula is C16H25ClN2O. The molecule has 2 atom stereocenters. The maximum Gasteiger partial charge on any atom is 0.222 e. The van der Waals surface area contributed by atoms with Gasteiger partial charge in [0.05, 0.1) is 6.04 Å². The molecule has 0 fully saturated rings. The second-order valence-electron chi connectivity index (χ2n) is 6.54. The van der Waals surface area contributed by atoms with Crippen LogP contribution >= 0.6 is 11.6 Å². The van der Waals surface area contributed by atoms with Crippen LogP contribution in [0.25, 0.3) is 0 Å². The van der Waals surface area contributed by atoms with Gasteiger partial charge in [-0.15, -0.1) is 0 Å². The average Bonchev–Trinajstić information content (AvgIpc) is 2.25. The van der Waals surface area contributed by atoms with Crippen LogP contribution < -0.4 is 11.1 Å². The van der Waals surface area contributed by atoms with Crippen molar-refractivity contribution >= 4 is 17.5 Å². The SMILES string of the molecule is C[C@H](NC(=O)CC(N)CC(C)(C)C)c1ccccc1Cl. The van der Waals surface area contributed by atoms with Crippen LogP contribution in [0.3, 0.4) is 0 Å². The summed E-state index contributed by atoms with van der Waals surface area (Å²) < 4.78 is 0. The van der Waals surface area contributed by atoms with Gasteiger partial charge in [-0.25, -0.2) is 0 Å². The molecule has 1 aromatic rings. The minimum atomic E-state index is -0.117. The summed E-state index contributed by atoms with van der Waals surface area (Å²) in [6.45, 7) is 8.29. The Balaban J connectivity index is 2.52. The summed E-state index contributed by atoms with van der Waals surface area (Å²) in [6.07, 6.45) is 1.16. The Bertz CT molecular complexity index is 454. The number of carbonyl (C=O) groups excluding carboxylic acids is 1. The number of halogens is 1. The van der Waals surface area contributed by atoms with Gasteiger partial charge in [-0.3, -0.25) is 4.79 Å². The summed E-state index contributed by atoms with van der Waals surface area (Å²) in [5.74, 6) is -0.0332. The molecule has 0 spiro atoms. The fraction of sp³-hybridized carbons (Fsp3) is 0.562. The van der Waals surface area contributed by atoms with E-state index in [0.29, 0.717) is 11.4 Å². The standard InChI is InChI=1S/C16H25ClN2O/c1-11(13-7-5-6-8-14(13)17)19-15(20)9-12(18)10-16(2,3)4/h5-8,11-12H,9-10,18H2,1-4H3,(H,19,20)/t11-,12?/m0/s1. The monoisotopic (exact) mass is 296 g/mol. The summed E-state index contributed by atoms with van der Waals surface area (Å²) in [5, 5.41) is 3.62. The zero-order valence-electron chi connectivity index (χ0n) is 12.7. The quantitative estimate of drug-likeness (QED) is 0.871. The summed E-state index contributed by atoms with van der Waals surface area (Å²) in [7, 11) is 0. The maximum atomic E-state index is 12.0. The van der Waals surface area contributed by atoms with Crippen molar-refractivity contribution < 1.29 is 4.79 Å². The van der Waals surface area contributed by atoms with E-state index in [0.717, 1.165) is 12.0 Å². The minimum Gasteiger partial charge on any atom is -0.349 e. The molecule has 0 bridgehead atoms. The molecule has 4 heteroatoms. The van der Waals surface area contributed by atoms with Gasteiger partial charge < -0.3 is 11.1 Å². The molecule has 1 amide bonds. The van der Waals surface area contributed by atoms with Gasteiger partial charge in [0.15, 0.2) is 0 Å². The lowest BCUT2D eigenvalue weighted by molar-refractivity contribution is -0.122. The molecule has 0 aliphatic heterocycles. The fourth-order valence-electron chi connectivity index (χ4n) is 2.30. The second-order valence-corrected chi connectivity index (χ2v) is 6.95. The lowest BCUT2D eigenvalue weighted by Gasteiger charge is -2.23. The number of nitrogens with one attached hydrogen (secondary N) is 1. The van der Waals surface area contributed by atoms with Crippen molar-refractivity contribution in [2.75, 3.05) is 0 Å². The van der Waals surface area contributed by atoms with Gasteiger partial charge in [0.1, 0.15) is 0 Å². The first-order valence-electron chi connectivity index (χ1n) is 6.98. The van der Waals surface area contributed by atoms with Crippen molar-refractivity contribution in [1.82, 2.24) is 5.32 Å². The smallest absolute Gasteiger partial charge is 0.222 e. The van der Waals surface area contributed by atoms with Crippen LogP contribution in [0.5, 0.6) is 0 Å². The van der Waals surface area contributed by atoms with Gasteiger partial charge in [-0.05, 0) is 30.4 Å². The lowest BCUT2D eigenvalue weighted by Crippen LogP contribution is -2.35. The molecule has 0 aliphatic rings. The molecule has 0 saturated heterocycles. The Labute approximate surface area is 126 Å². The molecule has 1 unspecified atom stereocenters. The van der Waals surface area contributed by atoms with Gasteiger partial charge in [0.25, 0.3) is 0 Å². The van der Waals surface area contributed by atoms with Crippen molar-refractivity contribution in [2.45, 2.75) is 52.6 Å². The van der Waals surface area contributed by atoms with Crippen molar-refractivity contribution in [3.8, 4) is 0 Å². The molecule has 3 nitrogen and oxygen atoms in total. The second kappa shape index (κ2) is 7.09. The highest BCUT2D eigenvalue weighted by Crippen LogP contribution is 2.23. The van der Waals surface area contributed by atoms with E-state index in [2.05, 4.69) is 26.1 Å². The lowest BCUT2D eigenvalue weighted by atomic mass is 9.87. The number of benzene rings is 1. The van der Waals surface area contributed by atoms with Gasteiger partial charge in [-0.1, -0.05) is 50.6 Å². The highest BCUT2D eigenvalue weighted by Gasteiger charge is 2.19. The molecule has 20 heavy (non-hydrogen) atoms. The molecule has 3 N–H and O–H groups in total. The van der Waals surface area contributed by atoms with Crippen LogP contribution in [-0.4, -0.2) is 11.9 Å². The van der Waals surface area contributed by atoms with E-state index in [1.807, 2.05) is 31.2 Å². The molecule has 0 aliphatic carbocycles. The Morgan fingerprint density at radius 3 is 2.50 bits per heavy atom. The molecule has 0 heterocycles. The fourth-order valence-corrected chi connectivity index (χ4v) is 2.60. The molecule has 0 aromatic heterocycles.